The molecule has 26 heavy (non-hydrogen) atoms. The Morgan fingerprint density at radius 1 is 1.12 bits per heavy atom. The summed E-state index contributed by atoms with van der Waals surface area (Å²) in [5.74, 6) is -0.231. The maximum atomic E-state index is 12.2. The largest absolute Gasteiger partial charge is 0.326 e. The maximum absolute atomic E-state index is 12.2. The van der Waals surface area contributed by atoms with Gasteiger partial charge in [0.25, 0.3) is 0 Å². The van der Waals surface area contributed by atoms with Gasteiger partial charge < -0.3 is 5.32 Å². The van der Waals surface area contributed by atoms with Crippen molar-refractivity contribution in [1.29, 1.82) is 0 Å². The van der Waals surface area contributed by atoms with E-state index in [0.717, 1.165) is 18.4 Å². The molecule has 2 aromatic rings. The van der Waals surface area contributed by atoms with E-state index < -0.39 is 10.0 Å². The predicted octanol–water partition coefficient (Wildman–Crippen LogP) is 4.01. The first kappa shape index (κ1) is 19.2. The number of carbonyl (C=O) groups is 1. The maximum Gasteiger partial charge on any atom is 0.240 e. The first-order chi connectivity index (χ1) is 12.3. The lowest BCUT2D eigenvalue weighted by molar-refractivity contribution is -0.116. The van der Waals surface area contributed by atoms with Crippen molar-refractivity contribution in [3.05, 3.63) is 58.1 Å². The minimum Gasteiger partial charge on any atom is -0.326 e. The molecule has 2 N–H and O–H groups in total. The van der Waals surface area contributed by atoms with Crippen molar-refractivity contribution in [2.45, 2.75) is 36.6 Å². The molecule has 1 aliphatic rings. The topological polar surface area (TPSA) is 75.3 Å². The highest BCUT2D eigenvalue weighted by Gasteiger charge is 2.28. The fourth-order valence-corrected chi connectivity index (χ4v) is 4.21. The number of carbonyl (C=O) groups excluding carboxylic acids is 1. The second kappa shape index (κ2) is 7.96. The first-order valence-electron chi connectivity index (χ1n) is 8.20. The number of rotatable bonds is 7. The molecule has 1 aliphatic carbocycles. The van der Waals surface area contributed by atoms with Gasteiger partial charge in [-0.15, -0.1) is 0 Å². The molecule has 2 aromatic carbocycles. The van der Waals surface area contributed by atoms with Crippen LogP contribution in [0.25, 0.3) is 0 Å². The number of hydrogen-bond acceptors (Lipinski definition) is 3. The molecule has 0 radical (unpaired) electrons. The highest BCUT2D eigenvalue weighted by atomic mass is 35.5. The van der Waals surface area contributed by atoms with Crippen LogP contribution in [0.3, 0.4) is 0 Å². The van der Waals surface area contributed by atoms with E-state index in [1.165, 1.54) is 12.1 Å². The fourth-order valence-electron chi connectivity index (χ4n) is 2.44. The fraction of sp³-hybridized carbons (Fsp3) is 0.278. The van der Waals surface area contributed by atoms with Gasteiger partial charge in [-0.05, 0) is 49.1 Å². The van der Waals surface area contributed by atoms with Crippen molar-refractivity contribution in [2.75, 3.05) is 5.32 Å². The van der Waals surface area contributed by atoms with Gasteiger partial charge in [0, 0.05) is 18.2 Å². The molecule has 0 saturated heterocycles. The monoisotopic (exact) mass is 412 g/mol. The molecule has 0 unspecified atom stereocenters. The summed E-state index contributed by atoms with van der Waals surface area (Å²) in [5, 5.41) is 3.62. The van der Waals surface area contributed by atoms with Crippen LogP contribution < -0.4 is 10.0 Å². The lowest BCUT2D eigenvalue weighted by Gasteiger charge is -2.10. The van der Waals surface area contributed by atoms with E-state index in [2.05, 4.69) is 10.0 Å². The minimum absolute atomic E-state index is 0.0284. The van der Waals surface area contributed by atoms with Crippen molar-refractivity contribution >= 4 is 44.8 Å². The van der Waals surface area contributed by atoms with Gasteiger partial charge in [0.2, 0.25) is 15.9 Å². The van der Waals surface area contributed by atoms with Gasteiger partial charge in [-0.3, -0.25) is 4.79 Å². The average Bonchev–Trinajstić information content (AvgIpc) is 3.40. The SMILES string of the molecule is O=C(CCc1cccc(Cl)c1Cl)Nc1cccc(S(=O)(=O)NC2CC2)c1. The number of nitrogens with one attached hydrogen (secondary N) is 2. The number of benzene rings is 2. The molecule has 0 aliphatic heterocycles. The Kier molecular flexibility index (Phi) is 5.87. The lowest BCUT2D eigenvalue weighted by atomic mass is 10.1. The quantitative estimate of drug-likeness (QED) is 0.721. The summed E-state index contributed by atoms with van der Waals surface area (Å²) in [5.41, 5.74) is 1.23. The van der Waals surface area contributed by atoms with E-state index in [1.807, 2.05) is 6.07 Å². The number of anilines is 1. The van der Waals surface area contributed by atoms with Crippen LogP contribution >= 0.6 is 23.2 Å². The van der Waals surface area contributed by atoms with Crippen LogP contribution in [0.1, 0.15) is 24.8 Å². The molecule has 1 fully saturated rings. The zero-order valence-corrected chi connectivity index (χ0v) is 16.2. The molecule has 138 valence electrons. The van der Waals surface area contributed by atoms with Crippen LogP contribution in [-0.4, -0.2) is 20.4 Å². The standard InChI is InChI=1S/C18H18Cl2N2O3S/c19-16-6-1-3-12(18(16)20)7-10-17(23)21-14-4-2-5-15(11-14)26(24,25)22-13-8-9-13/h1-6,11,13,22H,7-10H2,(H,21,23). The molecule has 0 heterocycles. The Labute approximate surface area is 162 Å². The molecule has 3 rings (SSSR count). The average molecular weight is 413 g/mol. The van der Waals surface area contributed by atoms with Crippen LogP contribution in [0.4, 0.5) is 5.69 Å². The molecule has 5 nitrogen and oxygen atoms in total. The summed E-state index contributed by atoms with van der Waals surface area (Å²) in [4.78, 5) is 12.3. The molecule has 0 aromatic heterocycles. The summed E-state index contributed by atoms with van der Waals surface area (Å²) in [7, 11) is -3.55. The van der Waals surface area contributed by atoms with E-state index in [9.17, 15) is 13.2 Å². The van der Waals surface area contributed by atoms with Crippen LogP contribution in [0.2, 0.25) is 10.0 Å². The van der Waals surface area contributed by atoms with Gasteiger partial charge >= 0.3 is 0 Å². The smallest absolute Gasteiger partial charge is 0.240 e. The Balaban J connectivity index is 1.62. The third-order valence-electron chi connectivity index (χ3n) is 3.98. The Morgan fingerprint density at radius 2 is 1.85 bits per heavy atom. The van der Waals surface area contributed by atoms with Crippen molar-refractivity contribution in [1.82, 2.24) is 4.72 Å². The van der Waals surface area contributed by atoms with Crippen molar-refractivity contribution in [3.63, 3.8) is 0 Å². The Morgan fingerprint density at radius 3 is 2.58 bits per heavy atom. The van der Waals surface area contributed by atoms with E-state index in [-0.39, 0.29) is 23.3 Å². The molecule has 0 atom stereocenters. The number of hydrogen-bond donors (Lipinski definition) is 2. The number of aryl methyl sites for hydroxylation is 1. The number of sulfonamides is 1. The first-order valence-corrected chi connectivity index (χ1v) is 10.4. The van der Waals surface area contributed by atoms with Gasteiger partial charge in [0.05, 0.1) is 14.9 Å². The molecular weight excluding hydrogens is 395 g/mol. The van der Waals surface area contributed by atoms with Gasteiger partial charge in [-0.1, -0.05) is 41.4 Å². The second-order valence-corrected chi connectivity index (χ2v) is 8.68. The third kappa shape index (κ3) is 4.98. The van der Waals surface area contributed by atoms with E-state index >= 15 is 0 Å². The summed E-state index contributed by atoms with van der Waals surface area (Å²) in [6.45, 7) is 0. The molecular formula is C18H18Cl2N2O3S. The molecule has 1 amide bonds. The van der Waals surface area contributed by atoms with Crippen molar-refractivity contribution < 1.29 is 13.2 Å². The van der Waals surface area contributed by atoms with Crippen LogP contribution in [0, 0.1) is 0 Å². The van der Waals surface area contributed by atoms with Gasteiger partial charge in [-0.25, -0.2) is 13.1 Å². The van der Waals surface area contributed by atoms with E-state index in [1.54, 1.807) is 24.3 Å². The molecule has 0 spiro atoms. The van der Waals surface area contributed by atoms with Crippen molar-refractivity contribution in [3.8, 4) is 0 Å². The lowest BCUT2D eigenvalue weighted by Crippen LogP contribution is -2.25. The second-order valence-electron chi connectivity index (χ2n) is 6.18. The van der Waals surface area contributed by atoms with Crippen LogP contribution in [0.5, 0.6) is 0 Å². The predicted molar refractivity (Wildman–Crippen MR) is 103 cm³/mol. The summed E-state index contributed by atoms with van der Waals surface area (Å²) >= 11 is 12.1. The molecule has 1 saturated carbocycles. The highest BCUT2D eigenvalue weighted by Crippen LogP contribution is 2.27. The normalized spacial score (nSPS) is 14.2. The van der Waals surface area contributed by atoms with E-state index in [0.29, 0.717) is 22.2 Å². The number of amides is 1. The summed E-state index contributed by atoms with van der Waals surface area (Å²) in [6.07, 6.45) is 2.37. The van der Waals surface area contributed by atoms with Gasteiger partial charge in [0.1, 0.15) is 0 Å². The van der Waals surface area contributed by atoms with Crippen molar-refractivity contribution in [2.24, 2.45) is 0 Å². The number of halogens is 2. The summed E-state index contributed by atoms with van der Waals surface area (Å²) in [6, 6.07) is 11.5. The Hall–Kier alpha value is -1.60. The molecule has 8 heteroatoms. The summed E-state index contributed by atoms with van der Waals surface area (Å²) < 4.78 is 27.1. The molecule has 0 bridgehead atoms. The Bertz CT molecular complexity index is 928. The minimum atomic E-state index is -3.55. The van der Waals surface area contributed by atoms with Crippen LogP contribution in [-0.2, 0) is 21.2 Å². The van der Waals surface area contributed by atoms with Gasteiger partial charge in [0.15, 0.2) is 0 Å². The zero-order chi connectivity index (χ0) is 18.7. The third-order valence-corrected chi connectivity index (χ3v) is 6.36. The zero-order valence-electron chi connectivity index (χ0n) is 13.8. The van der Waals surface area contributed by atoms with Gasteiger partial charge in [-0.2, -0.15) is 0 Å². The highest BCUT2D eigenvalue weighted by molar-refractivity contribution is 7.89. The van der Waals surface area contributed by atoms with Crippen LogP contribution in [0.15, 0.2) is 47.4 Å². The van der Waals surface area contributed by atoms with E-state index in [4.69, 9.17) is 23.2 Å².